The zero-order valence-corrected chi connectivity index (χ0v) is 16.3. The van der Waals surface area contributed by atoms with E-state index in [1.54, 1.807) is 29.2 Å². The van der Waals surface area contributed by atoms with E-state index in [-0.39, 0.29) is 12.1 Å². The molecule has 1 atom stereocenters. The highest BCUT2D eigenvalue weighted by Gasteiger charge is 2.32. The molecule has 1 fully saturated rings. The molecule has 2 amide bonds. The molecule has 0 unspecified atom stereocenters. The van der Waals surface area contributed by atoms with Crippen LogP contribution >= 0.6 is 11.6 Å². The number of urea groups is 1. The van der Waals surface area contributed by atoms with E-state index in [1.807, 2.05) is 31.2 Å². The molecule has 2 heterocycles. The van der Waals surface area contributed by atoms with Crippen LogP contribution in [0.2, 0.25) is 5.02 Å². The Kier molecular flexibility index (Phi) is 5.30. The summed E-state index contributed by atoms with van der Waals surface area (Å²) in [7, 11) is 0. The number of carbonyl (C=O) groups is 1. The fourth-order valence-corrected chi connectivity index (χ4v) is 3.48. The van der Waals surface area contributed by atoms with Crippen molar-refractivity contribution >= 4 is 23.3 Å². The molecule has 0 bridgehead atoms. The summed E-state index contributed by atoms with van der Waals surface area (Å²) >= 11 is 5.91. The normalized spacial score (nSPS) is 16.8. The second kappa shape index (κ2) is 8.02. The van der Waals surface area contributed by atoms with Crippen LogP contribution in [0.4, 0.5) is 10.5 Å². The number of aryl methyl sites for hydroxylation is 1. The van der Waals surface area contributed by atoms with E-state index in [4.69, 9.17) is 16.1 Å². The largest absolute Gasteiger partial charge is 0.337 e. The number of aromatic nitrogens is 2. The molecule has 28 heavy (non-hydrogen) atoms. The lowest BCUT2D eigenvalue weighted by atomic mass is 10.0. The van der Waals surface area contributed by atoms with Gasteiger partial charge in [-0.25, -0.2) is 4.79 Å². The van der Waals surface area contributed by atoms with Gasteiger partial charge in [-0.3, -0.25) is 0 Å². The van der Waals surface area contributed by atoms with Crippen LogP contribution in [0, 0.1) is 6.92 Å². The third kappa shape index (κ3) is 4.02. The Bertz CT molecular complexity index is 953. The molecule has 7 heteroatoms. The average molecular weight is 397 g/mol. The Balaban J connectivity index is 1.53. The van der Waals surface area contributed by atoms with E-state index in [1.165, 1.54) is 5.56 Å². The number of rotatable bonds is 3. The van der Waals surface area contributed by atoms with Gasteiger partial charge in [-0.1, -0.05) is 46.6 Å². The molecular formula is C21H21ClN4O2. The van der Waals surface area contributed by atoms with Crippen molar-refractivity contribution < 1.29 is 9.32 Å². The highest BCUT2D eigenvalue weighted by molar-refractivity contribution is 6.30. The van der Waals surface area contributed by atoms with Gasteiger partial charge in [0, 0.05) is 22.8 Å². The molecular weight excluding hydrogens is 376 g/mol. The molecule has 3 aromatic rings. The summed E-state index contributed by atoms with van der Waals surface area (Å²) in [6.45, 7) is 2.68. The van der Waals surface area contributed by atoms with Gasteiger partial charge in [0.2, 0.25) is 11.7 Å². The lowest BCUT2D eigenvalue weighted by Crippen LogP contribution is -2.41. The molecule has 6 nitrogen and oxygen atoms in total. The molecule has 0 spiro atoms. The molecule has 0 saturated carbocycles. The first-order valence-corrected chi connectivity index (χ1v) is 9.72. The van der Waals surface area contributed by atoms with Crippen molar-refractivity contribution in [1.29, 1.82) is 0 Å². The van der Waals surface area contributed by atoms with Crippen molar-refractivity contribution in [1.82, 2.24) is 15.0 Å². The molecule has 1 N–H and O–H groups in total. The van der Waals surface area contributed by atoms with Crippen molar-refractivity contribution in [3.63, 3.8) is 0 Å². The van der Waals surface area contributed by atoms with Crippen LogP contribution in [0.15, 0.2) is 53.1 Å². The fourth-order valence-electron chi connectivity index (χ4n) is 3.35. The van der Waals surface area contributed by atoms with Gasteiger partial charge < -0.3 is 14.7 Å². The summed E-state index contributed by atoms with van der Waals surface area (Å²) in [5.74, 6) is 1.01. The molecule has 2 aromatic carbocycles. The second-order valence-corrected chi connectivity index (χ2v) is 7.40. The number of likely N-dealkylation sites (tertiary alicyclic amines) is 1. The molecule has 0 radical (unpaired) electrons. The quantitative estimate of drug-likeness (QED) is 0.638. The number of carbonyl (C=O) groups excluding carboxylic acids is 1. The molecule has 4 rings (SSSR count). The van der Waals surface area contributed by atoms with Crippen molar-refractivity contribution in [2.45, 2.75) is 32.2 Å². The van der Waals surface area contributed by atoms with Crippen LogP contribution in [0.25, 0.3) is 11.4 Å². The Morgan fingerprint density at radius 1 is 1.14 bits per heavy atom. The maximum Gasteiger partial charge on any atom is 0.322 e. The first-order chi connectivity index (χ1) is 13.6. The van der Waals surface area contributed by atoms with Crippen molar-refractivity contribution in [3.8, 4) is 11.4 Å². The van der Waals surface area contributed by atoms with Gasteiger partial charge in [0.1, 0.15) is 6.04 Å². The Morgan fingerprint density at radius 3 is 2.64 bits per heavy atom. The monoisotopic (exact) mass is 396 g/mol. The zero-order chi connectivity index (χ0) is 19.5. The average Bonchev–Trinajstić information content (AvgIpc) is 3.20. The minimum atomic E-state index is -0.229. The topological polar surface area (TPSA) is 71.3 Å². The number of benzene rings is 2. The van der Waals surface area contributed by atoms with Crippen LogP contribution in [0.1, 0.15) is 36.8 Å². The van der Waals surface area contributed by atoms with Crippen LogP contribution in [-0.4, -0.2) is 27.6 Å². The van der Waals surface area contributed by atoms with E-state index in [0.717, 1.165) is 24.8 Å². The molecule has 144 valence electrons. The van der Waals surface area contributed by atoms with E-state index in [0.29, 0.717) is 29.0 Å². The highest BCUT2D eigenvalue weighted by Crippen LogP contribution is 2.31. The predicted octanol–water partition coefficient (Wildman–Crippen LogP) is 5.46. The van der Waals surface area contributed by atoms with Crippen LogP contribution in [0.5, 0.6) is 0 Å². The molecule has 1 aliphatic rings. The Morgan fingerprint density at radius 2 is 1.89 bits per heavy atom. The van der Waals surface area contributed by atoms with Crippen molar-refractivity contribution in [3.05, 3.63) is 65.0 Å². The first-order valence-electron chi connectivity index (χ1n) is 9.34. The number of amides is 2. The summed E-state index contributed by atoms with van der Waals surface area (Å²) in [6, 6.07) is 14.6. The zero-order valence-electron chi connectivity index (χ0n) is 15.6. The lowest BCUT2D eigenvalue weighted by Gasteiger charge is -2.33. The number of nitrogens with zero attached hydrogens (tertiary/aromatic N) is 3. The fraction of sp³-hybridized carbons (Fsp3) is 0.286. The summed E-state index contributed by atoms with van der Waals surface area (Å²) in [5.41, 5.74) is 2.77. The van der Waals surface area contributed by atoms with E-state index in [2.05, 4.69) is 15.5 Å². The van der Waals surface area contributed by atoms with Crippen molar-refractivity contribution in [2.75, 3.05) is 11.9 Å². The van der Waals surface area contributed by atoms with Crippen LogP contribution in [0.3, 0.4) is 0 Å². The smallest absolute Gasteiger partial charge is 0.322 e. The minimum absolute atomic E-state index is 0.179. The van der Waals surface area contributed by atoms with Crippen LogP contribution in [-0.2, 0) is 0 Å². The number of piperidine rings is 1. The number of nitrogens with one attached hydrogen (secondary N) is 1. The third-order valence-electron chi connectivity index (χ3n) is 4.90. The number of anilines is 1. The van der Waals surface area contributed by atoms with Gasteiger partial charge in [-0.2, -0.15) is 4.98 Å². The third-order valence-corrected chi connectivity index (χ3v) is 5.15. The highest BCUT2D eigenvalue weighted by atomic mass is 35.5. The van der Waals surface area contributed by atoms with Crippen LogP contribution < -0.4 is 5.32 Å². The van der Waals surface area contributed by atoms with E-state index in [9.17, 15) is 4.79 Å². The van der Waals surface area contributed by atoms with Gasteiger partial charge in [0.05, 0.1) is 0 Å². The van der Waals surface area contributed by atoms with Gasteiger partial charge in [-0.05, 0) is 50.5 Å². The van der Waals surface area contributed by atoms with E-state index < -0.39 is 0 Å². The maximum absolute atomic E-state index is 12.8. The molecule has 1 aromatic heterocycles. The SMILES string of the molecule is Cc1ccc(-c2noc([C@H]3CCCCN3C(=O)Nc3ccc(Cl)cc3)n2)cc1. The maximum atomic E-state index is 12.8. The van der Waals surface area contributed by atoms with Gasteiger partial charge in [0.15, 0.2) is 0 Å². The Hall–Kier alpha value is -2.86. The standard InChI is InChI=1S/C21H21ClN4O2/c1-14-5-7-15(8-6-14)19-24-20(28-25-19)18-4-2-3-13-26(18)21(27)23-17-11-9-16(22)10-12-17/h5-12,18H,2-4,13H2,1H3,(H,23,27)/t18-/m1/s1. The summed E-state index contributed by atoms with van der Waals surface area (Å²) in [6.07, 6.45) is 2.75. The number of halogens is 1. The second-order valence-electron chi connectivity index (χ2n) is 6.96. The van der Waals surface area contributed by atoms with Gasteiger partial charge in [-0.15, -0.1) is 0 Å². The molecule has 1 saturated heterocycles. The summed E-state index contributed by atoms with van der Waals surface area (Å²) in [4.78, 5) is 19.2. The van der Waals surface area contributed by atoms with Crippen molar-refractivity contribution in [2.24, 2.45) is 0 Å². The molecule has 0 aliphatic carbocycles. The number of hydrogen-bond acceptors (Lipinski definition) is 4. The Labute approximate surface area is 168 Å². The van der Waals surface area contributed by atoms with E-state index >= 15 is 0 Å². The number of hydrogen-bond donors (Lipinski definition) is 1. The minimum Gasteiger partial charge on any atom is -0.337 e. The lowest BCUT2D eigenvalue weighted by molar-refractivity contribution is 0.142. The van der Waals surface area contributed by atoms with Gasteiger partial charge >= 0.3 is 6.03 Å². The first kappa shape index (κ1) is 18.5. The summed E-state index contributed by atoms with van der Waals surface area (Å²) < 4.78 is 5.53. The summed E-state index contributed by atoms with van der Waals surface area (Å²) in [5, 5.41) is 7.67. The predicted molar refractivity (Wildman–Crippen MR) is 108 cm³/mol. The van der Waals surface area contributed by atoms with Gasteiger partial charge in [0.25, 0.3) is 0 Å². The molecule has 1 aliphatic heterocycles.